The summed E-state index contributed by atoms with van der Waals surface area (Å²) in [6.45, 7) is 0.0133. The molecule has 0 saturated carbocycles. The molecular formula is C20H18N4O4. The molecule has 8 nitrogen and oxygen atoms in total. The van der Waals surface area contributed by atoms with Crippen LogP contribution in [0.3, 0.4) is 0 Å². The highest BCUT2D eigenvalue weighted by molar-refractivity contribution is 6.03. The van der Waals surface area contributed by atoms with Crippen LogP contribution in [-0.2, 0) is 16.1 Å². The summed E-state index contributed by atoms with van der Waals surface area (Å²) in [6, 6.07) is 15.8. The van der Waals surface area contributed by atoms with Crippen molar-refractivity contribution in [2.75, 3.05) is 17.2 Å². The predicted octanol–water partition coefficient (Wildman–Crippen LogP) is 2.04. The minimum absolute atomic E-state index is 0.213. The molecule has 3 heterocycles. The molecule has 0 bridgehead atoms. The third-order valence-corrected chi connectivity index (χ3v) is 4.30. The van der Waals surface area contributed by atoms with Crippen molar-refractivity contribution in [2.24, 2.45) is 0 Å². The molecule has 1 atom stereocenters. The van der Waals surface area contributed by atoms with E-state index in [-0.39, 0.29) is 36.5 Å². The second kappa shape index (κ2) is 7.43. The normalized spacial score (nSPS) is 15.6. The van der Waals surface area contributed by atoms with Crippen LogP contribution in [0.5, 0.6) is 5.75 Å². The van der Waals surface area contributed by atoms with Gasteiger partial charge in [0.2, 0.25) is 12.0 Å². The number of nitrogen functional groups attached to an aromatic ring is 1. The number of anilines is 2. The lowest BCUT2D eigenvalue weighted by Crippen LogP contribution is -2.46. The fraction of sp³-hybridized carbons (Fsp3) is 0.150. The number of nitrogens with zero attached hydrogens (tertiary/aromatic N) is 2. The van der Waals surface area contributed by atoms with Crippen LogP contribution in [0, 0.1) is 0 Å². The molecule has 1 aliphatic heterocycles. The lowest BCUT2D eigenvalue weighted by molar-refractivity contribution is -0.129. The summed E-state index contributed by atoms with van der Waals surface area (Å²) >= 11 is 0. The molecule has 0 radical (unpaired) electrons. The number of hydrogen-bond donors (Lipinski definition) is 2. The van der Waals surface area contributed by atoms with E-state index in [4.69, 9.17) is 14.9 Å². The first kappa shape index (κ1) is 17.6. The molecule has 3 N–H and O–H groups in total. The molecule has 2 aromatic heterocycles. The lowest BCUT2D eigenvalue weighted by atomic mass is 10.1. The highest BCUT2D eigenvalue weighted by Gasteiger charge is 2.37. The molecule has 0 saturated heterocycles. The Kier molecular flexibility index (Phi) is 4.67. The molecule has 1 unspecified atom stereocenters. The van der Waals surface area contributed by atoms with Gasteiger partial charge in [0, 0.05) is 5.56 Å². The predicted molar refractivity (Wildman–Crippen MR) is 101 cm³/mol. The van der Waals surface area contributed by atoms with Crippen LogP contribution >= 0.6 is 0 Å². The summed E-state index contributed by atoms with van der Waals surface area (Å²) < 4.78 is 11.1. The van der Waals surface area contributed by atoms with Crippen molar-refractivity contribution in [3.63, 3.8) is 0 Å². The van der Waals surface area contributed by atoms with Gasteiger partial charge >= 0.3 is 0 Å². The average Bonchev–Trinajstić information content (AvgIpc) is 3.23. The van der Waals surface area contributed by atoms with Crippen molar-refractivity contribution >= 4 is 23.5 Å². The van der Waals surface area contributed by atoms with E-state index < -0.39 is 6.10 Å². The molecule has 0 fully saturated rings. The van der Waals surface area contributed by atoms with E-state index in [2.05, 4.69) is 10.3 Å². The molecular weight excluding hydrogens is 360 g/mol. The van der Waals surface area contributed by atoms with Crippen molar-refractivity contribution in [1.82, 2.24) is 10.3 Å². The number of fused-ring (bicyclic) bond motifs is 1. The van der Waals surface area contributed by atoms with Crippen LogP contribution in [0.15, 0.2) is 65.3 Å². The maximum Gasteiger partial charge on any atom is 0.274 e. The third kappa shape index (κ3) is 3.52. The number of nitrogens with two attached hydrogens (primary N) is 1. The topological polar surface area (TPSA) is 111 Å². The maximum absolute atomic E-state index is 13.1. The molecule has 1 aliphatic rings. The van der Waals surface area contributed by atoms with E-state index in [0.29, 0.717) is 17.1 Å². The molecule has 2 amide bonds. The minimum atomic E-state index is -0.864. The fourth-order valence-corrected chi connectivity index (χ4v) is 2.95. The third-order valence-electron chi connectivity index (χ3n) is 4.30. The van der Waals surface area contributed by atoms with Gasteiger partial charge in [-0.25, -0.2) is 4.98 Å². The summed E-state index contributed by atoms with van der Waals surface area (Å²) in [6.07, 6.45) is 0.664. The van der Waals surface area contributed by atoms with Gasteiger partial charge in [0.25, 0.3) is 5.91 Å². The highest BCUT2D eigenvalue weighted by atomic mass is 16.5. The Morgan fingerprint density at radius 2 is 1.96 bits per heavy atom. The number of carbonyl (C=O) groups is 2. The zero-order valence-electron chi connectivity index (χ0n) is 14.9. The molecule has 8 heteroatoms. The molecule has 0 aliphatic carbocycles. The van der Waals surface area contributed by atoms with Gasteiger partial charge in [0.1, 0.15) is 18.1 Å². The Morgan fingerprint density at radius 3 is 2.71 bits per heavy atom. The van der Waals surface area contributed by atoms with Gasteiger partial charge in [-0.2, -0.15) is 0 Å². The monoisotopic (exact) mass is 378 g/mol. The van der Waals surface area contributed by atoms with Crippen LogP contribution < -0.4 is 20.7 Å². The summed E-state index contributed by atoms with van der Waals surface area (Å²) in [5.74, 6) is 0.728. The fourth-order valence-electron chi connectivity index (χ4n) is 2.95. The van der Waals surface area contributed by atoms with Crippen LogP contribution in [0.25, 0.3) is 0 Å². The largest absolute Gasteiger partial charge is 0.472 e. The molecule has 1 aromatic carbocycles. The van der Waals surface area contributed by atoms with Crippen LogP contribution in [0.2, 0.25) is 0 Å². The first-order chi connectivity index (χ1) is 13.6. The first-order valence-corrected chi connectivity index (χ1v) is 8.70. The number of aromatic nitrogens is 1. The van der Waals surface area contributed by atoms with Gasteiger partial charge in [0.15, 0.2) is 11.6 Å². The Hall–Kier alpha value is -3.81. The Morgan fingerprint density at radius 1 is 1.14 bits per heavy atom. The van der Waals surface area contributed by atoms with Crippen LogP contribution in [-0.4, -0.2) is 23.3 Å². The van der Waals surface area contributed by atoms with Gasteiger partial charge in [-0.1, -0.05) is 30.3 Å². The standard InChI is InChI=1S/C20H18N4O4/c21-16-9-8-15-19(23-16)24(12-17(25)22-11-14-7-4-10-27-14)20(26)18(28-15)13-5-2-1-3-6-13/h1-10,18H,11-12H2,(H2,21,23)(H,22,25). The molecule has 3 aromatic rings. The summed E-state index contributed by atoms with van der Waals surface area (Å²) in [5, 5.41) is 2.73. The molecule has 28 heavy (non-hydrogen) atoms. The second-order valence-electron chi connectivity index (χ2n) is 6.25. The number of ether oxygens (including phenoxy) is 1. The van der Waals surface area contributed by atoms with E-state index in [1.807, 2.05) is 18.2 Å². The van der Waals surface area contributed by atoms with Crippen molar-refractivity contribution in [3.05, 3.63) is 72.2 Å². The van der Waals surface area contributed by atoms with E-state index >= 15 is 0 Å². The van der Waals surface area contributed by atoms with Gasteiger partial charge in [-0.05, 0) is 24.3 Å². The second-order valence-corrected chi connectivity index (χ2v) is 6.25. The Balaban J connectivity index is 1.59. The Labute approximate surface area is 160 Å². The van der Waals surface area contributed by atoms with Crippen molar-refractivity contribution < 1.29 is 18.7 Å². The van der Waals surface area contributed by atoms with E-state index in [9.17, 15) is 9.59 Å². The average molecular weight is 378 g/mol. The number of furan rings is 1. The molecule has 142 valence electrons. The van der Waals surface area contributed by atoms with Gasteiger partial charge < -0.3 is 20.2 Å². The number of pyridine rings is 1. The van der Waals surface area contributed by atoms with Crippen LogP contribution in [0.1, 0.15) is 17.4 Å². The number of hydrogen-bond acceptors (Lipinski definition) is 6. The maximum atomic E-state index is 13.1. The number of benzene rings is 1. The van der Waals surface area contributed by atoms with Gasteiger partial charge in [-0.3, -0.25) is 14.5 Å². The summed E-state index contributed by atoms with van der Waals surface area (Å²) in [7, 11) is 0. The minimum Gasteiger partial charge on any atom is -0.472 e. The van der Waals surface area contributed by atoms with Crippen molar-refractivity contribution in [1.29, 1.82) is 0 Å². The zero-order chi connectivity index (χ0) is 19.5. The number of amides is 2. The highest BCUT2D eigenvalue weighted by Crippen LogP contribution is 2.37. The lowest BCUT2D eigenvalue weighted by Gasteiger charge is -2.33. The number of rotatable bonds is 5. The molecule has 4 rings (SSSR count). The van der Waals surface area contributed by atoms with E-state index in [0.717, 1.165) is 0 Å². The Bertz CT molecular complexity index is 989. The van der Waals surface area contributed by atoms with Crippen molar-refractivity contribution in [2.45, 2.75) is 12.6 Å². The quantitative estimate of drug-likeness (QED) is 0.703. The van der Waals surface area contributed by atoms with Gasteiger partial charge in [-0.15, -0.1) is 0 Å². The zero-order valence-corrected chi connectivity index (χ0v) is 14.9. The van der Waals surface area contributed by atoms with Crippen LogP contribution in [0.4, 0.5) is 11.6 Å². The van der Waals surface area contributed by atoms with Crippen molar-refractivity contribution in [3.8, 4) is 5.75 Å². The SMILES string of the molecule is Nc1ccc2c(n1)N(CC(=O)NCc1ccco1)C(=O)C(c1ccccc1)O2. The number of carbonyl (C=O) groups excluding carboxylic acids is 2. The van der Waals surface area contributed by atoms with E-state index in [1.54, 1.807) is 36.4 Å². The van der Waals surface area contributed by atoms with E-state index in [1.165, 1.54) is 11.2 Å². The first-order valence-electron chi connectivity index (χ1n) is 8.70. The smallest absolute Gasteiger partial charge is 0.274 e. The molecule has 0 spiro atoms. The van der Waals surface area contributed by atoms with Gasteiger partial charge in [0.05, 0.1) is 12.8 Å². The summed E-state index contributed by atoms with van der Waals surface area (Å²) in [5.41, 5.74) is 6.46. The summed E-state index contributed by atoms with van der Waals surface area (Å²) in [4.78, 5) is 31.0. The number of nitrogens with one attached hydrogen (secondary N) is 1.